The molecule has 5 nitrogen and oxygen atoms in total. The van der Waals surface area contributed by atoms with Crippen LogP contribution in [0.1, 0.15) is 24.0 Å². The summed E-state index contributed by atoms with van der Waals surface area (Å²) in [5.41, 5.74) is 4.35. The largest absolute Gasteiger partial charge is 0.355 e. The number of hydrogen-bond donors (Lipinski definition) is 0. The molecule has 0 saturated carbocycles. The molecule has 30 heavy (non-hydrogen) atoms. The number of nitrogens with zero attached hydrogens (tertiary/aromatic N) is 4. The lowest BCUT2D eigenvalue weighted by Crippen LogP contribution is -2.41. The van der Waals surface area contributed by atoms with Gasteiger partial charge < -0.3 is 9.80 Å². The molecule has 0 N–H and O–H groups in total. The number of carbonyl (C=O) groups excluding carboxylic acids is 1. The van der Waals surface area contributed by atoms with Gasteiger partial charge in [-0.05, 0) is 37.5 Å². The van der Waals surface area contributed by atoms with Gasteiger partial charge in [-0.2, -0.15) is 0 Å². The van der Waals surface area contributed by atoms with E-state index in [1.165, 1.54) is 5.56 Å². The topological polar surface area (TPSA) is 49.3 Å². The van der Waals surface area contributed by atoms with Gasteiger partial charge in [0.1, 0.15) is 0 Å². The summed E-state index contributed by atoms with van der Waals surface area (Å²) in [7, 11) is 1.90. The second kappa shape index (κ2) is 9.08. The fraction of sp³-hybridized carbons (Fsp3) is 0.320. The zero-order valence-electron chi connectivity index (χ0n) is 17.7. The Hall–Kier alpha value is -3.21. The molecule has 1 saturated heterocycles. The zero-order chi connectivity index (χ0) is 20.9. The van der Waals surface area contributed by atoms with E-state index in [1.807, 2.05) is 42.3 Å². The maximum atomic E-state index is 12.9. The molecule has 0 radical (unpaired) electrons. The van der Waals surface area contributed by atoms with E-state index in [0.717, 1.165) is 48.6 Å². The van der Waals surface area contributed by atoms with E-state index in [9.17, 15) is 4.79 Å². The smallest absolute Gasteiger partial charge is 0.225 e. The number of aryl methyl sites for hydroxylation is 1. The van der Waals surface area contributed by atoms with Gasteiger partial charge in [-0.1, -0.05) is 60.2 Å². The van der Waals surface area contributed by atoms with E-state index in [0.29, 0.717) is 6.54 Å². The molecule has 4 rings (SSSR count). The molecule has 0 aliphatic carbocycles. The van der Waals surface area contributed by atoms with Crippen LogP contribution < -0.4 is 4.90 Å². The molecule has 0 unspecified atom stereocenters. The molecule has 1 aliphatic heterocycles. The third-order valence-corrected chi connectivity index (χ3v) is 5.80. The van der Waals surface area contributed by atoms with Gasteiger partial charge in [0.2, 0.25) is 5.91 Å². The SMILES string of the molecule is Cc1ccc(-c2ccc(N3CCC(C(=O)N(C)Cc4ccccc4)CC3)nn2)cc1. The second-order valence-electron chi connectivity index (χ2n) is 8.08. The van der Waals surface area contributed by atoms with Crippen molar-refractivity contribution in [1.29, 1.82) is 0 Å². The highest BCUT2D eigenvalue weighted by Gasteiger charge is 2.27. The number of amides is 1. The zero-order valence-corrected chi connectivity index (χ0v) is 17.7. The molecule has 2 heterocycles. The summed E-state index contributed by atoms with van der Waals surface area (Å²) in [6, 6.07) is 22.5. The minimum Gasteiger partial charge on any atom is -0.355 e. The highest BCUT2D eigenvalue weighted by Crippen LogP contribution is 2.25. The first-order valence-corrected chi connectivity index (χ1v) is 10.5. The average molecular weight is 401 g/mol. The van der Waals surface area contributed by atoms with E-state index in [-0.39, 0.29) is 11.8 Å². The van der Waals surface area contributed by atoms with Crippen molar-refractivity contribution >= 4 is 11.7 Å². The van der Waals surface area contributed by atoms with Crippen LogP contribution in [0.5, 0.6) is 0 Å². The summed E-state index contributed by atoms with van der Waals surface area (Å²) >= 11 is 0. The third-order valence-electron chi connectivity index (χ3n) is 5.80. The van der Waals surface area contributed by atoms with Gasteiger partial charge in [0.25, 0.3) is 0 Å². The van der Waals surface area contributed by atoms with Crippen molar-refractivity contribution in [1.82, 2.24) is 15.1 Å². The molecule has 3 aromatic rings. The summed E-state index contributed by atoms with van der Waals surface area (Å²) in [5, 5.41) is 8.86. The Morgan fingerprint density at radius 1 is 0.967 bits per heavy atom. The number of rotatable bonds is 5. The molecule has 1 aliphatic rings. The van der Waals surface area contributed by atoms with E-state index in [2.05, 4.69) is 58.4 Å². The number of piperidine rings is 1. The molecule has 1 fully saturated rings. The number of benzene rings is 2. The van der Waals surface area contributed by atoms with Gasteiger partial charge in [0.05, 0.1) is 5.69 Å². The Labute approximate surface area is 178 Å². The monoisotopic (exact) mass is 400 g/mol. The summed E-state index contributed by atoms with van der Waals surface area (Å²) in [5.74, 6) is 1.20. The van der Waals surface area contributed by atoms with Crippen LogP contribution in [0.25, 0.3) is 11.3 Å². The lowest BCUT2D eigenvalue weighted by molar-refractivity contribution is -0.135. The van der Waals surface area contributed by atoms with Crippen LogP contribution in [-0.4, -0.2) is 41.1 Å². The van der Waals surface area contributed by atoms with E-state index < -0.39 is 0 Å². The Bertz CT molecular complexity index is 962. The lowest BCUT2D eigenvalue weighted by Gasteiger charge is -2.33. The van der Waals surface area contributed by atoms with Crippen LogP contribution in [0.15, 0.2) is 66.7 Å². The average Bonchev–Trinajstić information content (AvgIpc) is 2.80. The Morgan fingerprint density at radius 3 is 2.30 bits per heavy atom. The fourth-order valence-electron chi connectivity index (χ4n) is 3.97. The fourth-order valence-corrected chi connectivity index (χ4v) is 3.97. The highest BCUT2D eigenvalue weighted by atomic mass is 16.2. The number of hydrogen-bond acceptors (Lipinski definition) is 4. The van der Waals surface area contributed by atoms with Crippen LogP contribution in [-0.2, 0) is 11.3 Å². The van der Waals surface area contributed by atoms with Crippen LogP contribution in [0.3, 0.4) is 0 Å². The van der Waals surface area contributed by atoms with Gasteiger partial charge in [-0.15, -0.1) is 10.2 Å². The number of anilines is 1. The van der Waals surface area contributed by atoms with E-state index in [1.54, 1.807) is 0 Å². The molecule has 1 amide bonds. The third kappa shape index (κ3) is 4.67. The highest BCUT2D eigenvalue weighted by molar-refractivity contribution is 5.79. The van der Waals surface area contributed by atoms with Gasteiger partial charge >= 0.3 is 0 Å². The molecule has 154 valence electrons. The second-order valence-corrected chi connectivity index (χ2v) is 8.08. The first-order valence-electron chi connectivity index (χ1n) is 10.5. The molecular weight excluding hydrogens is 372 g/mol. The maximum absolute atomic E-state index is 12.9. The van der Waals surface area contributed by atoms with Crippen molar-refractivity contribution in [3.8, 4) is 11.3 Å². The Morgan fingerprint density at radius 2 is 1.67 bits per heavy atom. The summed E-state index contributed by atoms with van der Waals surface area (Å²) in [6.45, 7) is 4.39. The van der Waals surface area contributed by atoms with Crippen LogP contribution in [0.2, 0.25) is 0 Å². The van der Waals surface area contributed by atoms with Crippen LogP contribution in [0.4, 0.5) is 5.82 Å². The molecule has 0 bridgehead atoms. The molecule has 0 atom stereocenters. The van der Waals surface area contributed by atoms with Gasteiger partial charge in [0.15, 0.2) is 5.82 Å². The van der Waals surface area contributed by atoms with Crippen molar-refractivity contribution in [2.75, 3.05) is 25.0 Å². The summed E-state index contributed by atoms with van der Waals surface area (Å²) in [4.78, 5) is 16.9. The first kappa shape index (κ1) is 20.1. The summed E-state index contributed by atoms with van der Waals surface area (Å²) in [6.07, 6.45) is 1.69. The van der Waals surface area contributed by atoms with E-state index >= 15 is 0 Å². The minimum atomic E-state index is 0.0785. The quantitative estimate of drug-likeness (QED) is 0.640. The van der Waals surface area contributed by atoms with E-state index in [4.69, 9.17) is 0 Å². The van der Waals surface area contributed by atoms with Crippen LogP contribution >= 0.6 is 0 Å². The Balaban J connectivity index is 1.32. The van der Waals surface area contributed by atoms with Gasteiger partial charge in [-0.3, -0.25) is 4.79 Å². The van der Waals surface area contributed by atoms with Crippen molar-refractivity contribution in [3.63, 3.8) is 0 Å². The molecule has 2 aromatic carbocycles. The first-order chi connectivity index (χ1) is 14.6. The number of aromatic nitrogens is 2. The predicted molar refractivity (Wildman–Crippen MR) is 120 cm³/mol. The van der Waals surface area contributed by atoms with Crippen molar-refractivity contribution in [2.45, 2.75) is 26.3 Å². The normalized spacial score (nSPS) is 14.5. The van der Waals surface area contributed by atoms with Crippen molar-refractivity contribution in [2.24, 2.45) is 5.92 Å². The van der Waals surface area contributed by atoms with Gasteiger partial charge in [-0.25, -0.2) is 0 Å². The molecule has 5 heteroatoms. The molecular formula is C25H28N4O. The standard InChI is InChI=1S/C25H28N4O/c1-19-8-10-21(11-9-19)23-12-13-24(27-26-23)29-16-14-22(15-17-29)25(30)28(2)18-20-6-4-3-5-7-20/h3-13,22H,14-18H2,1-2H3. The lowest BCUT2D eigenvalue weighted by atomic mass is 9.95. The molecule has 0 spiro atoms. The maximum Gasteiger partial charge on any atom is 0.225 e. The minimum absolute atomic E-state index is 0.0785. The molecule has 1 aromatic heterocycles. The predicted octanol–water partition coefficient (Wildman–Crippen LogP) is 4.33. The van der Waals surface area contributed by atoms with Gasteiger partial charge in [0, 0.05) is 38.2 Å². The summed E-state index contributed by atoms with van der Waals surface area (Å²) < 4.78 is 0. The van der Waals surface area contributed by atoms with Crippen molar-refractivity contribution in [3.05, 3.63) is 77.9 Å². The van der Waals surface area contributed by atoms with Crippen LogP contribution in [0, 0.1) is 12.8 Å². The Kier molecular flexibility index (Phi) is 6.07. The number of carbonyl (C=O) groups is 1. The van der Waals surface area contributed by atoms with Crippen molar-refractivity contribution < 1.29 is 4.79 Å².